The number of nitrogens with zero attached hydrogens (tertiary/aromatic N) is 3. The van der Waals surface area contributed by atoms with Gasteiger partial charge in [0, 0.05) is 43.2 Å². The van der Waals surface area contributed by atoms with Crippen LogP contribution in [0.15, 0.2) is 18.6 Å². The highest BCUT2D eigenvalue weighted by molar-refractivity contribution is 5.13. The first-order valence-corrected chi connectivity index (χ1v) is 6.52. The molecule has 1 aliphatic rings. The van der Waals surface area contributed by atoms with E-state index in [1.165, 1.54) is 17.8 Å². The number of nitrogens with one attached hydrogen (secondary N) is 2. The van der Waals surface area contributed by atoms with Crippen LogP contribution in [-0.4, -0.2) is 26.3 Å². The number of imidazole rings is 1. The van der Waals surface area contributed by atoms with Gasteiger partial charge in [-0.05, 0) is 25.8 Å². The highest BCUT2D eigenvalue weighted by Gasteiger charge is 2.18. The summed E-state index contributed by atoms with van der Waals surface area (Å²) in [6.07, 6.45) is 8.22. The van der Waals surface area contributed by atoms with E-state index in [1.807, 2.05) is 12.4 Å². The molecule has 1 aliphatic heterocycles. The second-order valence-corrected chi connectivity index (χ2v) is 5.05. The van der Waals surface area contributed by atoms with E-state index in [2.05, 4.69) is 38.2 Å². The van der Waals surface area contributed by atoms with Crippen LogP contribution in [-0.2, 0) is 19.5 Å². The third kappa shape index (κ3) is 2.31. The largest absolute Gasteiger partial charge is 0.335 e. The van der Waals surface area contributed by atoms with Crippen molar-refractivity contribution in [3.63, 3.8) is 0 Å². The molecule has 5 heteroatoms. The van der Waals surface area contributed by atoms with Crippen LogP contribution in [0.3, 0.4) is 0 Å². The fraction of sp³-hybridized carbons (Fsp3) is 0.538. The highest BCUT2D eigenvalue weighted by Crippen LogP contribution is 2.18. The minimum Gasteiger partial charge on any atom is -0.335 e. The molecule has 96 valence electrons. The lowest BCUT2D eigenvalue weighted by Crippen LogP contribution is -2.29. The molecule has 0 unspecified atom stereocenters. The van der Waals surface area contributed by atoms with Gasteiger partial charge in [-0.3, -0.25) is 5.10 Å². The molecule has 0 saturated heterocycles. The quantitative estimate of drug-likeness (QED) is 0.852. The van der Waals surface area contributed by atoms with E-state index < -0.39 is 0 Å². The molecule has 2 aromatic rings. The first kappa shape index (κ1) is 11.5. The normalized spacial score (nSPS) is 18.8. The molecule has 0 fully saturated rings. The first-order valence-electron chi connectivity index (χ1n) is 6.52. The van der Waals surface area contributed by atoms with Crippen LogP contribution in [0.5, 0.6) is 0 Å². The zero-order chi connectivity index (χ0) is 12.4. The number of aromatic nitrogens is 4. The predicted octanol–water partition coefficient (Wildman–Crippen LogP) is 1.27. The van der Waals surface area contributed by atoms with Gasteiger partial charge >= 0.3 is 0 Å². The van der Waals surface area contributed by atoms with Gasteiger partial charge in [0.15, 0.2) is 0 Å². The Balaban J connectivity index is 1.49. The van der Waals surface area contributed by atoms with Crippen molar-refractivity contribution in [2.45, 2.75) is 32.9 Å². The molecule has 0 spiro atoms. The van der Waals surface area contributed by atoms with Crippen LogP contribution < -0.4 is 5.32 Å². The van der Waals surface area contributed by atoms with Gasteiger partial charge in [-0.1, -0.05) is 0 Å². The molecule has 0 amide bonds. The molecule has 0 aliphatic carbocycles. The molecule has 1 atom stereocenters. The summed E-state index contributed by atoms with van der Waals surface area (Å²) in [5.74, 6) is 1.94. The summed E-state index contributed by atoms with van der Waals surface area (Å²) in [7, 11) is 0. The van der Waals surface area contributed by atoms with E-state index >= 15 is 0 Å². The van der Waals surface area contributed by atoms with Gasteiger partial charge in [0.1, 0.15) is 5.82 Å². The van der Waals surface area contributed by atoms with Crippen molar-refractivity contribution < 1.29 is 0 Å². The Morgan fingerprint density at radius 1 is 1.56 bits per heavy atom. The zero-order valence-corrected chi connectivity index (χ0v) is 10.7. The third-order valence-electron chi connectivity index (χ3n) is 3.72. The molecule has 2 N–H and O–H groups in total. The second kappa shape index (κ2) is 4.94. The Morgan fingerprint density at radius 2 is 2.50 bits per heavy atom. The lowest BCUT2D eigenvalue weighted by molar-refractivity contribution is 0.347. The van der Waals surface area contributed by atoms with Gasteiger partial charge in [-0.25, -0.2) is 4.98 Å². The van der Waals surface area contributed by atoms with Crippen molar-refractivity contribution in [2.24, 2.45) is 5.92 Å². The summed E-state index contributed by atoms with van der Waals surface area (Å²) in [6.45, 7) is 5.10. The topological polar surface area (TPSA) is 58.5 Å². The first-order chi connectivity index (χ1) is 8.83. The average molecular weight is 245 g/mol. The van der Waals surface area contributed by atoms with E-state index in [0.717, 1.165) is 31.7 Å². The van der Waals surface area contributed by atoms with Crippen LogP contribution in [0.4, 0.5) is 0 Å². The number of hydrogen-bond donors (Lipinski definition) is 2. The lowest BCUT2D eigenvalue weighted by Gasteiger charge is -2.24. The molecule has 5 nitrogen and oxygen atoms in total. The highest BCUT2D eigenvalue weighted by atomic mass is 15.1. The molecule has 0 bridgehead atoms. The van der Waals surface area contributed by atoms with E-state index in [-0.39, 0.29) is 0 Å². The fourth-order valence-corrected chi connectivity index (χ4v) is 2.57. The zero-order valence-electron chi connectivity index (χ0n) is 10.7. The number of H-pyrrole nitrogens is 1. The monoisotopic (exact) mass is 245 g/mol. The minimum absolute atomic E-state index is 0.707. The maximum absolute atomic E-state index is 4.35. The standard InChI is InChI=1S/C13H19N5/c1-10-12(8-16-17-10)7-14-6-11-2-3-13-15-4-5-18(13)9-11/h4-5,8,11,14H,2-3,6-7,9H2,1H3,(H,16,17)/t11-/m0/s1. The van der Waals surface area contributed by atoms with Crippen molar-refractivity contribution in [3.05, 3.63) is 35.7 Å². The van der Waals surface area contributed by atoms with Crippen molar-refractivity contribution in [2.75, 3.05) is 6.54 Å². The third-order valence-corrected chi connectivity index (χ3v) is 3.72. The van der Waals surface area contributed by atoms with Gasteiger partial charge in [-0.2, -0.15) is 5.10 Å². The number of fused-ring (bicyclic) bond motifs is 1. The van der Waals surface area contributed by atoms with E-state index in [4.69, 9.17) is 0 Å². The fourth-order valence-electron chi connectivity index (χ4n) is 2.57. The van der Waals surface area contributed by atoms with Crippen LogP contribution >= 0.6 is 0 Å². The molecule has 0 radical (unpaired) electrons. The van der Waals surface area contributed by atoms with Crippen molar-refractivity contribution >= 4 is 0 Å². The molecule has 3 heterocycles. The minimum atomic E-state index is 0.707. The van der Waals surface area contributed by atoms with Crippen molar-refractivity contribution in [1.82, 2.24) is 25.1 Å². The van der Waals surface area contributed by atoms with Crippen LogP contribution in [0, 0.1) is 12.8 Å². The molecule has 18 heavy (non-hydrogen) atoms. The van der Waals surface area contributed by atoms with Gasteiger partial charge < -0.3 is 9.88 Å². The molecule has 0 saturated carbocycles. The Hall–Kier alpha value is -1.62. The number of aryl methyl sites for hydroxylation is 2. The number of rotatable bonds is 4. The summed E-state index contributed by atoms with van der Waals surface area (Å²) in [5.41, 5.74) is 2.41. The summed E-state index contributed by atoms with van der Waals surface area (Å²) < 4.78 is 2.28. The van der Waals surface area contributed by atoms with Crippen LogP contribution in [0.2, 0.25) is 0 Å². The summed E-state index contributed by atoms with van der Waals surface area (Å²) in [4.78, 5) is 4.35. The number of aromatic amines is 1. The predicted molar refractivity (Wildman–Crippen MR) is 69.1 cm³/mol. The summed E-state index contributed by atoms with van der Waals surface area (Å²) in [6, 6.07) is 0. The van der Waals surface area contributed by atoms with Crippen molar-refractivity contribution in [3.8, 4) is 0 Å². The van der Waals surface area contributed by atoms with Crippen LogP contribution in [0.1, 0.15) is 23.5 Å². The average Bonchev–Trinajstić information content (AvgIpc) is 2.98. The van der Waals surface area contributed by atoms with E-state index in [9.17, 15) is 0 Å². The van der Waals surface area contributed by atoms with Gasteiger partial charge in [0.25, 0.3) is 0 Å². The maximum Gasteiger partial charge on any atom is 0.108 e. The van der Waals surface area contributed by atoms with E-state index in [0.29, 0.717) is 5.92 Å². The SMILES string of the molecule is Cc1[nH]ncc1CNC[C@@H]1CCc2nccn2C1. The molecular formula is C13H19N5. The van der Waals surface area contributed by atoms with E-state index in [1.54, 1.807) is 0 Å². The Labute approximate surface area is 107 Å². The summed E-state index contributed by atoms with van der Waals surface area (Å²) in [5, 5.41) is 10.5. The Kier molecular flexibility index (Phi) is 3.15. The summed E-state index contributed by atoms with van der Waals surface area (Å²) >= 11 is 0. The molecule has 0 aromatic carbocycles. The smallest absolute Gasteiger partial charge is 0.108 e. The Bertz CT molecular complexity index is 513. The Morgan fingerprint density at radius 3 is 3.33 bits per heavy atom. The maximum atomic E-state index is 4.35. The second-order valence-electron chi connectivity index (χ2n) is 5.05. The van der Waals surface area contributed by atoms with Crippen molar-refractivity contribution in [1.29, 1.82) is 0 Å². The molecule has 2 aromatic heterocycles. The van der Waals surface area contributed by atoms with Gasteiger partial charge in [-0.15, -0.1) is 0 Å². The molecule has 3 rings (SSSR count). The van der Waals surface area contributed by atoms with Gasteiger partial charge in [0.2, 0.25) is 0 Å². The molecular weight excluding hydrogens is 226 g/mol. The number of hydrogen-bond acceptors (Lipinski definition) is 3. The van der Waals surface area contributed by atoms with Gasteiger partial charge in [0.05, 0.1) is 6.20 Å². The van der Waals surface area contributed by atoms with Crippen LogP contribution in [0.25, 0.3) is 0 Å². The lowest BCUT2D eigenvalue weighted by atomic mass is 9.99.